The van der Waals surface area contributed by atoms with Crippen molar-refractivity contribution in [3.8, 4) is 0 Å². The van der Waals surface area contributed by atoms with Gasteiger partial charge in [-0.2, -0.15) is 0 Å². The molecule has 0 saturated heterocycles. The SMILES string of the molecule is c1ccc2cc3c(cc2c1)SSSS[Se]3. The zero-order valence-corrected chi connectivity index (χ0v) is 12.5. The molecule has 0 bridgehead atoms. The molecule has 1 heterocycles. The topological polar surface area (TPSA) is 0 Å². The van der Waals surface area contributed by atoms with Crippen LogP contribution in [0.4, 0.5) is 0 Å². The Balaban J connectivity index is 2.20. The molecule has 0 unspecified atom stereocenters. The van der Waals surface area contributed by atoms with Crippen LogP contribution >= 0.6 is 39.7 Å². The second-order valence-electron chi connectivity index (χ2n) is 3.02. The van der Waals surface area contributed by atoms with E-state index in [2.05, 4.69) is 36.4 Å². The van der Waals surface area contributed by atoms with Crippen LogP contribution in [0.15, 0.2) is 41.3 Å². The van der Waals surface area contributed by atoms with Gasteiger partial charge < -0.3 is 0 Å². The van der Waals surface area contributed by atoms with Gasteiger partial charge in [0.1, 0.15) is 0 Å². The van der Waals surface area contributed by atoms with E-state index in [1.54, 1.807) is 0 Å². The van der Waals surface area contributed by atoms with Crippen LogP contribution in [-0.4, -0.2) is 13.8 Å². The molecule has 5 heteroatoms. The predicted molar refractivity (Wildman–Crippen MR) is 78.0 cm³/mol. The molecule has 0 radical (unpaired) electrons. The van der Waals surface area contributed by atoms with Gasteiger partial charge in [-0.1, -0.05) is 0 Å². The average molecular weight is 333 g/mol. The number of benzene rings is 2. The van der Waals surface area contributed by atoms with E-state index in [0.29, 0.717) is 13.8 Å². The van der Waals surface area contributed by atoms with Crippen molar-refractivity contribution >= 4 is 68.7 Å². The first kappa shape index (κ1) is 10.8. The molecule has 0 aliphatic carbocycles. The normalized spacial score (nSPS) is 16.0. The van der Waals surface area contributed by atoms with Gasteiger partial charge in [0, 0.05) is 0 Å². The zero-order chi connectivity index (χ0) is 10.1. The zero-order valence-electron chi connectivity index (χ0n) is 7.51. The molecule has 15 heavy (non-hydrogen) atoms. The van der Waals surface area contributed by atoms with E-state index in [0.717, 1.165) is 0 Å². The van der Waals surface area contributed by atoms with Gasteiger partial charge in [-0.25, -0.2) is 0 Å². The maximum absolute atomic E-state index is 2.36. The summed E-state index contributed by atoms with van der Waals surface area (Å²) in [7, 11) is 7.67. The van der Waals surface area contributed by atoms with Gasteiger partial charge in [0.15, 0.2) is 0 Å². The predicted octanol–water partition coefficient (Wildman–Crippen LogP) is 4.13. The van der Waals surface area contributed by atoms with E-state index < -0.39 is 0 Å². The Morgan fingerprint density at radius 3 is 2.60 bits per heavy atom. The van der Waals surface area contributed by atoms with E-state index in [1.165, 1.54) is 20.1 Å². The molecule has 0 saturated carbocycles. The molecule has 3 rings (SSSR count). The van der Waals surface area contributed by atoms with Crippen molar-refractivity contribution in [2.45, 2.75) is 4.90 Å². The molecule has 0 amide bonds. The first-order chi connectivity index (χ1) is 7.43. The van der Waals surface area contributed by atoms with Crippen molar-refractivity contribution in [1.82, 2.24) is 0 Å². The van der Waals surface area contributed by atoms with Crippen LogP contribution in [-0.2, 0) is 0 Å². The monoisotopic (exact) mass is 334 g/mol. The Labute approximate surface area is 109 Å². The van der Waals surface area contributed by atoms with Crippen LogP contribution in [0.3, 0.4) is 0 Å². The summed E-state index contributed by atoms with van der Waals surface area (Å²) < 4.78 is 1.54. The van der Waals surface area contributed by atoms with Crippen molar-refractivity contribution in [2.24, 2.45) is 0 Å². The number of hydrogen-bond acceptors (Lipinski definition) is 4. The molecule has 0 fully saturated rings. The van der Waals surface area contributed by atoms with Crippen molar-refractivity contribution in [3.63, 3.8) is 0 Å². The Hall–Kier alpha value is 0.619. The number of rotatable bonds is 0. The fourth-order valence-corrected chi connectivity index (χ4v) is 15.1. The first-order valence-electron chi connectivity index (χ1n) is 4.31. The summed E-state index contributed by atoms with van der Waals surface area (Å²) in [5.74, 6) is 0. The van der Waals surface area contributed by atoms with E-state index >= 15 is 0 Å². The molecule has 0 spiro atoms. The minimum atomic E-state index is 0.556. The Morgan fingerprint density at radius 2 is 1.73 bits per heavy atom. The molecule has 76 valence electrons. The van der Waals surface area contributed by atoms with Gasteiger partial charge in [-0.3, -0.25) is 0 Å². The van der Waals surface area contributed by atoms with E-state index in [-0.39, 0.29) is 0 Å². The Morgan fingerprint density at radius 1 is 0.933 bits per heavy atom. The molecular formula is C10H6S4Se. The van der Waals surface area contributed by atoms with Gasteiger partial charge >= 0.3 is 110 Å². The first-order valence-corrected chi connectivity index (χ1v) is 12.0. The third-order valence-corrected chi connectivity index (χ3v) is 14.0. The van der Waals surface area contributed by atoms with Gasteiger partial charge in [-0.05, 0) is 0 Å². The fourth-order valence-electron chi connectivity index (χ4n) is 1.44. The van der Waals surface area contributed by atoms with Crippen LogP contribution < -0.4 is 4.46 Å². The molecule has 0 N–H and O–H groups in total. The number of hydrogen-bond donors (Lipinski definition) is 0. The molecular weight excluding hydrogens is 327 g/mol. The third kappa shape index (κ3) is 2.33. The molecule has 2 aromatic rings. The summed E-state index contributed by atoms with van der Waals surface area (Å²) in [6.45, 7) is 0. The molecule has 1 aliphatic heterocycles. The van der Waals surface area contributed by atoms with Crippen LogP contribution in [0, 0.1) is 0 Å². The minimum absolute atomic E-state index is 0.556. The average Bonchev–Trinajstić information content (AvgIpc) is 2.50. The van der Waals surface area contributed by atoms with Gasteiger partial charge in [0.2, 0.25) is 0 Å². The van der Waals surface area contributed by atoms with Crippen LogP contribution in [0.25, 0.3) is 10.8 Å². The summed E-state index contributed by atoms with van der Waals surface area (Å²) in [5.41, 5.74) is 0. The van der Waals surface area contributed by atoms with E-state index in [4.69, 9.17) is 0 Å². The summed E-state index contributed by atoms with van der Waals surface area (Å²) in [5, 5.41) is 2.73. The molecule has 0 atom stereocenters. The number of fused-ring (bicyclic) bond motifs is 2. The van der Waals surface area contributed by atoms with Crippen LogP contribution in [0.5, 0.6) is 0 Å². The van der Waals surface area contributed by atoms with Crippen LogP contribution in [0.2, 0.25) is 0 Å². The fraction of sp³-hybridized carbons (Fsp3) is 0. The summed E-state index contributed by atoms with van der Waals surface area (Å²) in [6, 6.07) is 13.3. The van der Waals surface area contributed by atoms with Gasteiger partial charge in [0.05, 0.1) is 0 Å². The summed E-state index contributed by atoms with van der Waals surface area (Å²) >= 11 is 0.556. The van der Waals surface area contributed by atoms with Crippen molar-refractivity contribution in [3.05, 3.63) is 36.4 Å². The Bertz CT molecular complexity index is 455. The molecule has 2 aromatic carbocycles. The summed E-state index contributed by atoms with van der Waals surface area (Å²) in [4.78, 5) is 1.45. The standard InChI is InChI=1S/C10H6S4Se/c1-2-4-8-6-10-9(5-7(8)3-1)11-12-13-14-15-10/h1-6H. The molecule has 1 aliphatic rings. The van der Waals surface area contributed by atoms with Crippen LogP contribution in [0.1, 0.15) is 0 Å². The molecule has 0 nitrogen and oxygen atoms in total. The Kier molecular flexibility index (Phi) is 3.48. The van der Waals surface area contributed by atoms with Crippen molar-refractivity contribution in [1.29, 1.82) is 0 Å². The maximum atomic E-state index is 2.36. The van der Waals surface area contributed by atoms with E-state index in [9.17, 15) is 0 Å². The second kappa shape index (κ2) is 4.86. The summed E-state index contributed by atoms with van der Waals surface area (Å²) in [6.07, 6.45) is 0. The van der Waals surface area contributed by atoms with Gasteiger partial charge in [0.25, 0.3) is 0 Å². The quantitative estimate of drug-likeness (QED) is 0.525. The third-order valence-electron chi connectivity index (χ3n) is 2.12. The van der Waals surface area contributed by atoms with Gasteiger partial charge in [-0.15, -0.1) is 0 Å². The molecule has 0 aromatic heterocycles. The van der Waals surface area contributed by atoms with Crippen molar-refractivity contribution in [2.75, 3.05) is 0 Å². The second-order valence-corrected chi connectivity index (χ2v) is 12.9. The van der Waals surface area contributed by atoms with E-state index in [1.807, 2.05) is 39.7 Å². The van der Waals surface area contributed by atoms with Crippen molar-refractivity contribution < 1.29 is 0 Å².